The van der Waals surface area contributed by atoms with Gasteiger partial charge in [-0.2, -0.15) is 0 Å². The van der Waals surface area contributed by atoms with E-state index in [-0.39, 0.29) is 5.12 Å². The number of aliphatic imine (C=N–C) groups is 1. The van der Waals surface area contributed by atoms with Crippen molar-refractivity contribution in [2.45, 2.75) is 0 Å². The average molecular weight is 356 g/mol. The highest BCUT2D eigenvalue weighted by Gasteiger charge is 2.22. The molecule has 0 N–H and O–H groups in total. The molecule has 1 aromatic rings. The largest absolute Gasteiger partial charge is 0.493 e. The SMILES string of the molecule is C=CCSC1=N/C(=C\c2cc(OC)c(OC)cc2Cl)C(=O)S1. The van der Waals surface area contributed by atoms with Crippen molar-refractivity contribution in [2.75, 3.05) is 20.0 Å². The summed E-state index contributed by atoms with van der Waals surface area (Å²) in [5.41, 5.74) is 1.02. The van der Waals surface area contributed by atoms with E-state index >= 15 is 0 Å². The molecule has 0 saturated carbocycles. The normalized spacial score (nSPS) is 15.9. The summed E-state index contributed by atoms with van der Waals surface area (Å²) in [4.78, 5) is 16.3. The summed E-state index contributed by atoms with van der Waals surface area (Å²) in [7, 11) is 3.08. The third kappa shape index (κ3) is 3.88. The van der Waals surface area contributed by atoms with Gasteiger partial charge in [-0.3, -0.25) is 4.79 Å². The Bertz CT molecular complexity index is 671. The Morgan fingerprint density at radius 3 is 2.68 bits per heavy atom. The van der Waals surface area contributed by atoms with Gasteiger partial charge >= 0.3 is 0 Å². The molecule has 1 aliphatic heterocycles. The minimum absolute atomic E-state index is 0.0996. The van der Waals surface area contributed by atoms with E-state index in [1.807, 2.05) is 0 Å². The lowest BCUT2D eigenvalue weighted by atomic mass is 10.1. The molecule has 0 aromatic heterocycles. The number of carbonyl (C=O) groups excluding carboxylic acids is 1. The van der Waals surface area contributed by atoms with Crippen LogP contribution in [0.3, 0.4) is 0 Å². The highest BCUT2D eigenvalue weighted by molar-refractivity contribution is 8.45. The van der Waals surface area contributed by atoms with Crippen molar-refractivity contribution >= 4 is 50.7 Å². The smallest absolute Gasteiger partial charge is 0.244 e. The lowest BCUT2D eigenvalue weighted by Gasteiger charge is -2.09. The molecule has 7 heteroatoms. The first-order valence-corrected chi connectivity index (χ1v) is 8.44. The fraction of sp³-hybridized carbons (Fsp3) is 0.200. The molecule has 0 atom stereocenters. The van der Waals surface area contributed by atoms with E-state index in [0.717, 1.165) is 11.8 Å². The predicted octanol–water partition coefficient (Wildman–Crippen LogP) is 4.25. The predicted molar refractivity (Wildman–Crippen MR) is 95.2 cm³/mol. The summed E-state index contributed by atoms with van der Waals surface area (Å²) < 4.78 is 11.1. The van der Waals surface area contributed by atoms with E-state index in [4.69, 9.17) is 21.1 Å². The van der Waals surface area contributed by atoms with Crippen molar-refractivity contribution < 1.29 is 14.3 Å². The molecule has 0 aliphatic carbocycles. The standard InChI is InChI=1S/C15H14ClNO3S2/c1-4-5-21-15-17-11(14(18)22-15)6-9-7-12(19-2)13(20-3)8-10(9)16/h4,6-8H,1,5H2,2-3H3/b11-6-. The van der Waals surface area contributed by atoms with Crippen molar-refractivity contribution in [1.82, 2.24) is 0 Å². The Balaban J connectivity index is 2.34. The minimum Gasteiger partial charge on any atom is -0.493 e. The summed E-state index contributed by atoms with van der Waals surface area (Å²) >= 11 is 8.81. The number of benzene rings is 1. The molecular weight excluding hydrogens is 342 g/mol. The second-order valence-corrected chi connectivity index (χ2v) is 6.76. The molecule has 0 fully saturated rings. The molecule has 1 heterocycles. The molecule has 22 heavy (non-hydrogen) atoms. The van der Waals surface area contributed by atoms with Crippen LogP contribution >= 0.6 is 35.1 Å². The van der Waals surface area contributed by atoms with Crippen LogP contribution in [0.1, 0.15) is 5.56 Å². The third-order valence-corrected chi connectivity index (χ3v) is 5.05. The number of ether oxygens (including phenoxy) is 2. The zero-order chi connectivity index (χ0) is 16.1. The van der Waals surface area contributed by atoms with Crippen LogP contribution in [0.2, 0.25) is 5.02 Å². The Kier molecular flexibility index (Phi) is 5.99. The van der Waals surface area contributed by atoms with Crippen molar-refractivity contribution in [3.05, 3.63) is 41.1 Å². The number of hydrogen-bond acceptors (Lipinski definition) is 6. The zero-order valence-electron chi connectivity index (χ0n) is 12.1. The van der Waals surface area contributed by atoms with Crippen molar-refractivity contribution in [3.63, 3.8) is 0 Å². The summed E-state index contributed by atoms with van der Waals surface area (Å²) in [6.45, 7) is 3.65. The Hall–Kier alpha value is -1.37. The minimum atomic E-state index is -0.0996. The first kappa shape index (κ1) is 17.0. The summed E-state index contributed by atoms with van der Waals surface area (Å²) in [5, 5.41) is 0.364. The van der Waals surface area contributed by atoms with Crippen LogP contribution in [0.15, 0.2) is 35.5 Å². The lowest BCUT2D eigenvalue weighted by Crippen LogP contribution is -1.93. The molecule has 0 saturated heterocycles. The number of thioether (sulfide) groups is 2. The number of carbonyl (C=O) groups is 1. The summed E-state index contributed by atoms with van der Waals surface area (Å²) in [6, 6.07) is 3.37. The first-order valence-electron chi connectivity index (χ1n) is 6.26. The van der Waals surface area contributed by atoms with Crippen LogP contribution in [0.4, 0.5) is 0 Å². The van der Waals surface area contributed by atoms with Crippen molar-refractivity contribution in [1.29, 1.82) is 0 Å². The van der Waals surface area contributed by atoms with Crippen LogP contribution < -0.4 is 9.47 Å². The molecule has 0 radical (unpaired) electrons. The molecular formula is C15H14ClNO3S2. The van der Waals surface area contributed by atoms with Crippen LogP contribution in [0.25, 0.3) is 6.08 Å². The van der Waals surface area contributed by atoms with E-state index in [1.165, 1.54) is 18.9 Å². The van der Waals surface area contributed by atoms with Gasteiger partial charge in [-0.25, -0.2) is 4.99 Å². The summed E-state index contributed by atoms with van der Waals surface area (Å²) in [6.07, 6.45) is 3.42. The topological polar surface area (TPSA) is 47.9 Å². The Morgan fingerprint density at radius 1 is 1.36 bits per heavy atom. The highest BCUT2D eigenvalue weighted by Crippen LogP contribution is 2.36. The molecule has 0 amide bonds. The second-order valence-electron chi connectivity index (χ2n) is 4.13. The number of rotatable bonds is 5. The number of methoxy groups -OCH3 is 2. The van der Waals surface area contributed by atoms with Gasteiger partial charge in [-0.05, 0) is 29.5 Å². The summed E-state index contributed by atoms with van der Waals surface area (Å²) in [5.74, 6) is 1.79. The molecule has 0 unspecified atom stereocenters. The highest BCUT2D eigenvalue weighted by atomic mass is 35.5. The van der Waals surface area contributed by atoms with Gasteiger partial charge in [0.05, 0.1) is 19.2 Å². The van der Waals surface area contributed by atoms with E-state index < -0.39 is 0 Å². The van der Waals surface area contributed by atoms with Gasteiger partial charge in [0, 0.05) is 11.8 Å². The molecule has 1 aromatic carbocycles. The second kappa shape index (κ2) is 7.76. The fourth-order valence-electron chi connectivity index (χ4n) is 1.71. The average Bonchev–Trinajstić information content (AvgIpc) is 2.86. The van der Waals surface area contributed by atoms with Gasteiger partial charge < -0.3 is 9.47 Å². The number of halogens is 1. The van der Waals surface area contributed by atoms with Gasteiger partial charge in [0.2, 0.25) is 5.12 Å². The lowest BCUT2D eigenvalue weighted by molar-refractivity contribution is -0.107. The number of nitrogens with zero attached hydrogens (tertiary/aromatic N) is 1. The first-order chi connectivity index (χ1) is 10.6. The Morgan fingerprint density at radius 2 is 2.05 bits per heavy atom. The molecule has 2 rings (SSSR count). The van der Waals surface area contributed by atoms with Gasteiger partial charge in [0.25, 0.3) is 0 Å². The maximum absolute atomic E-state index is 12.0. The monoisotopic (exact) mass is 355 g/mol. The van der Waals surface area contributed by atoms with Gasteiger partial charge in [-0.1, -0.05) is 29.4 Å². The van der Waals surface area contributed by atoms with Crippen LogP contribution in [0, 0.1) is 0 Å². The van der Waals surface area contributed by atoms with Crippen LogP contribution in [-0.4, -0.2) is 29.5 Å². The molecule has 0 spiro atoms. The molecule has 116 valence electrons. The molecule has 4 nitrogen and oxygen atoms in total. The quantitative estimate of drug-likeness (QED) is 0.583. The molecule has 0 bridgehead atoms. The Labute approximate surface area is 142 Å². The molecule has 1 aliphatic rings. The zero-order valence-corrected chi connectivity index (χ0v) is 14.5. The van der Waals surface area contributed by atoms with E-state index in [9.17, 15) is 4.79 Å². The maximum Gasteiger partial charge on any atom is 0.244 e. The van der Waals surface area contributed by atoms with Crippen LogP contribution in [0.5, 0.6) is 11.5 Å². The maximum atomic E-state index is 12.0. The van der Waals surface area contributed by atoms with Gasteiger partial charge in [0.15, 0.2) is 11.5 Å². The van der Waals surface area contributed by atoms with E-state index in [1.54, 1.807) is 31.4 Å². The van der Waals surface area contributed by atoms with Gasteiger partial charge in [-0.15, -0.1) is 6.58 Å². The fourth-order valence-corrected chi connectivity index (χ4v) is 3.52. The van der Waals surface area contributed by atoms with E-state index in [2.05, 4.69) is 11.6 Å². The van der Waals surface area contributed by atoms with Crippen molar-refractivity contribution in [3.8, 4) is 11.5 Å². The van der Waals surface area contributed by atoms with Crippen molar-refractivity contribution in [2.24, 2.45) is 4.99 Å². The van der Waals surface area contributed by atoms with Gasteiger partial charge in [0.1, 0.15) is 10.1 Å². The number of hydrogen-bond donors (Lipinski definition) is 0. The third-order valence-electron chi connectivity index (χ3n) is 2.72. The van der Waals surface area contributed by atoms with Crippen LogP contribution in [-0.2, 0) is 4.79 Å². The van der Waals surface area contributed by atoms with E-state index in [0.29, 0.717) is 37.9 Å².